The van der Waals surface area contributed by atoms with E-state index < -0.39 is 15.8 Å². The maximum Gasteiger partial charge on any atom is 0.242 e. The smallest absolute Gasteiger partial charge is 0.242 e. The third kappa shape index (κ3) is 2.86. The summed E-state index contributed by atoms with van der Waals surface area (Å²) >= 11 is 0. The molecule has 0 radical (unpaired) electrons. The lowest BCUT2D eigenvalue weighted by Gasteiger charge is -2.04. The van der Waals surface area contributed by atoms with E-state index in [1.54, 1.807) is 6.07 Å². The number of sulfonamides is 1. The molecular formula is C9H9FN4O2S. The van der Waals surface area contributed by atoms with Crippen LogP contribution in [0.1, 0.15) is 5.69 Å². The van der Waals surface area contributed by atoms with Crippen LogP contribution in [0, 0.1) is 5.82 Å². The fourth-order valence-corrected chi connectivity index (χ4v) is 2.16. The van der Waals surface area contributed by atoms with Crippen LogP contribution in [0.15, 0.2) is 35.6 Å². The van der Waals surface area contributed by atoms with Gasteiger partial charge in [-0.15, -0.1) is 0 Å². The van der Waals surface area contributed by atoms with Crippen molar-refractivity contribution in [2.24, 2.45) is 0 Å². The lowest BCUT2D eigenvalue weighted by Crippen LogP contribution is -2.23. The van der Waals surface area contributed by atoms with E-state index in [1.165, 1.54) is 6.20 Å². The third-order valence-corrected chi connectivity index (χ3v) is 3.37. The van der Waals surface area contributed by atoms with Crippen molar-refractivity contribution in [1.29, 1.82) is 0 Å². The molecule has 90 valence electrons. The van der Waals surface area contributed by atoms with Crippen molar-refractivity contribution in [1.82, 2.24) is 19.9 Å². The van der Waals surface area contributed by atoms with Gasteiger partial charge in [-0.2, -0.15) is 5.10 Å². The number of rotatable bonds is 4. The van der Waals surface area contributed by atoms with Gasteiger partial charge in [-0.05, 0) is 12.1 Å². The molecule has 0 saturated carbocycles. The summed E-state index contributed by atoms with van der Waals surface area (Å²) in [5.41, 5.74) is 0.609. The van der Waals surface area contributed by atoms with E-state index in [0.717, 1.165) is 18.5 Å². The van der Waals surface area contributed by atoms with Crippen LogP contribution >= 0.6 is 0 Å². The third-order valence-electron chi connectivity index (χ3n) is 2.00. The second kappa shape index (κ2) is 4.60. The molecule has 0 aliphatic carbocycles. The van der Waals surface area contributed by atoms with Gasteiger partial charge < -0.3 is 0 Å². The Morgan fingerprint density at radius 3 is 2.88 bits per heavy atom. The predicted molar refractivity (Wildman–Crippen MR) is 56.8 cm³/mol. The van der Waals surface area contributed by atoms with E-state index in [-0.39, 0.29) is 11.4 Å². The summed E-state index contributed by atoms with van der Waals surface area (Å²) in [5, 5.41) is 6.28. The van der Waals surface area contributed by atoms with E-state index in [1.807, 2.05) is 0 Å². The Labute approximate surface area is 96.9 Å². The van der Waals surface area contributed by atoms with Crippen molar-refractivity contribution in [3.05, 3.63) is 42.2 Å². The van der Waals surface area contributed by atoms with Crippen LogP contribution in [0.25, 0.3) is 0 Å². The summed E-state index contributed by atoms with van der Waals surface area (Å²) in [5.74, 6) is -0.700. The minimum atomic E-state index is -3.76. The largest absolute Gasteiger partial charge is 0.281 e. The van der Waals surface area contributed by atoms with Gasteiger partial charge in [-0.1, -0.05) is 0 Å². The van der Waals surface area contributed by atoms with Crippen LogP contribution in [0.3, 0.4) is 0 Å². The lowest BCUT2D eigenvalue weighted by molar-refractivity contribution is 0.574. The van der Waals surface area contributed by atoms with Gasteiger partial charge in [0.05, 0.1) is 18.4 Å². The predicted octanol–water partition coefficient (Wildman–Crippen LogP) is 0.422. The highest BCUT2D eigenvalue weighted by Crippen LogP contribution is 2.08. The fraction of sp³-hybridized carbons (Fsp3) is 0.111. The lowest BCUT2D eigenvalue weighted by atomic mass is 10.4. The molecule has 0 fully saturated rings. The molecule has 2 rings (SSSR count). The normalized spacial score (nSPS) is 11.6. The molecule has 2 aromatic rings. The monoisotopic (exact) mass is 256 g/mol. The minimum absolute atomic E-state index is 0.0544. The van der Waals surface area contributed by atoms with Crippen LogP contribution < -0.4 is 4.72 Å². The van der Waals surface area contributed by atoms with Crippen LogP contribution in [0.4, 0.5) is 4.39 Å². The Hall–Kier alpha value is -1.80. The average Bonchev–Trinajstić information content (AvgIpc) is 2.79. The molecule has 2 aromatic heterocycles. The quantitative estimate of drug-likeness (QED) is 0.830. The molecule has 17 heavy (non-hydrogen) atoms. The van der Waals surface area contributed by atoms with Gasteiger partial charge >= 0.3 is 0 Å². The average molecular weight is 256 g/mol. The molecule has 0 bridgehead atoms. The molecule has 0 aromatic carbocycles. The zero-order valence-electron chi connectivity index (χ0n) is 8.59. The molecule has 0 atom stereocenters. The number of aromatic nitrogens is 3. The maximum absolute atomic E-state index is 12.8. The SMILES string of the molecule is O=S(=O)(NCc1ccn[nH]1)c1cncc(F)c1. The molecule has 0 aliphatic heterocycles. The van der Waals surface area contributed by atoms with Crippen molar-refractivity contribution in [2.45, 2.75) is 11.4 Å². The van der Waals surface area contributed by atoms with Crippen LogP contribution in [0.5, 0.6) is 0 Å². The highest BCUT2D eigenvalue weighted by molar-refractivity contribution is 7.89. The molecule has 2 heterocycles. The molecule has 6 nitrogen and oxygen atoms in total. The number of aromatic amines is 1. The maximum atomic E-state index is 12.8. The molecule has 8 heteroatoms. The van der Waals surface area contributed by atoms with E-state index in [4.69, 9.17) is 0 Å². The Kier molecular flexibility index (Phi) is 3.16. The summed E-state index contributed by atoms with van der Waals surface area (Å²) in [6, 6.07) is 2.54. The molecule has 0 saturated heterocycles. The summed E-state index contributed by atoms with van der Waals surface area (Å²) < 4.78 is 38.6. The first-order chi connectivity index (χ1) is 8.08. The minimum Gasteiger partial charge on any atom is -0.281 e. The van der Waals surface area contributed by atoms with Crippen molar-refractivity contribution in [2.75, 3.05) is 0 Å². The number of hydrogen-bond acceptors (Lipinski definition) is 4. The molecule has 0 unspecified atom stereocenters. The van der Waals surface area contributed by atoms with E-state index in [2.05, 4.69) is 19.9 Å². The Bertz CT molecular complexity index is 597. The number of nitrogens with zero attached hydrogens (tertiary/aromatic N) is 2. The molecular weight excluding hydrogens is 247 g/mol. The van der Waals surface area contributed by atoms with E-state index in [0.29, 0.717) is 5.69 Å². The second-order valence-electron chi connectivity index (χ2n) is 3.25. The van der Waals surface area contributed by atoms with Gasteiger partial charge in [0.2, 0.25) is 10.0 Å². The fourth-order valence-electron chi connectivity index (χ4n) is 1.18. The van der Waals surface area contributed by atoms with Crippen molar-refractivity contribution in [3.8, 4) is 0 Å². The van der Waals surface area contributed by atoms with E-state index in [9.17, 15) is 12.8 Å². The molecule has 0 spiro atoms. The summed E-state index contributed by atoms with van der Waals surface area (Å²) in [6.07, 6.45) is 3.53. The van der Waals surface area contributed by atoms with Crippen LogP contribution in [-0.4, -0.2) is 23.6 Å². The van der Waals surface area contributed by atoms with Gasteiger partial charge in [-0.3, -0.25) is 10.1 Å². The zero-order chi connectivity index (χ0) is 12.3. The Balaban J connectivity index is 2.14. The number of nitrogens with one attached hydrogen (secondary N) is 2. The number of pyridine rings is 1. The summed E-state index contributed by atoms with van der Waals surface area (Å²) in [7, 11) is -3.76. The van der Waals surface area contributed by atoms with Crippen molar-refractivity contribution < 1.29 is 12.8 Å². The summed E-state index contributed by atoms with van der Waals surface area (Å²) in [6.45, 7) is 0.0544. The van der Waals surface area contributed by atoms with Gasteiger partial charge in [0, 0.05) is 12.4 Å². The van der Waals surface area contributed by atoms with Crippen LogP contribution in [0.2, 0.25) is 0 Å². The second-order valence-corrected chi connectivity index (χ2v) is 5.01. The van der Waals surface area contributed by atoms with Gasteiger partial charge in [-0.25, -0.2) is 17.5 Å². The first-order valence-electron chi connectivity index (χ1n) is 4.66. The zero-order valence-corrected chi connectivity index (χ0v) is 9.41. The highest BCUT2D eigenvalue weighted by atomic mass is 32.2. The molecule has 2 N–H and O–H groups in total. The topological polar surface area (TPSA) is 87.7 Å². The Morgan fingerprint density at radius 1 is 1.41 bits per heavy atom. The van der Waals surface area contributed by atoms with Gasteiger partial charge in [0.15, 0.2) is 0 Å². The standard InChI is InChI=1S/C9H9FN4O2S/c10-7-3-9(6-11-4-7)17(15,16)13-5-8-1-2-12-14-8/h1-4,6,13H,5H2,(H,12,14). The van der Waals surface area contributed by atoms with Crippen LogP contribution in [-0.2, 0) is 16.6 Å². The molecule has 0 amide bonds. The number of halogens is 1. The summed E-state index contributed by atoms with van der Waals surface area (Å²) in [4.78, 5) is 3.27. The van der Waals surface area contributed by atoms with Crippen molar-refractivity contribution >= 4 is 10.0 Å². The van der Waals surface area contributed by atoms with Crippen molar-refractivity contribution in [3.63, 3.8) is 0 Å². The highest BCUT2D eigenvalue weighted by Gasteiger charge is 2.15. The first kappa shape index (κ1) is 11.7. The van der Waals surface area contributed by atoms with E-state index >= 15 is 0 Å². The van der Waals surface area contributed by atoms with Gasteiger partial charge in [0.25, 0.3) is 0 Å². The van der Waals surface area contributed by atoms with Gasteiger partial charge in [0.1, 0.15) is 10.7 Å². The Morgan fingerprint density at radius 2 is 2.24 bits per heavy atom. The number of hydrogen-bond donors (Lipinski definition) is 2. The number of H-pyrrole nitrogens is 1. The first-order valence-corrected chi connectivity index (χ1v) is 6.15. The molecule has 0 aliphatic rings.